The molecule has 3 aromatic carbocycles. The molecule has 2 atom stereocenters. The summed E-state index contributed by atoms with van der Waals surface area (Å²) in [7, 11) is 0. The second-order valence-corrected chi connectivity index (χ2v) is 20.1. The summed E-state index contributed by atoms with van der Waals surface area (Å²) in [6, 6.07) is 26.5. The van der Waals surface area contributed by atoms with Crippen LogP contribution in [0, 0.1) is 33.5 Å². The summed E-state index contributed by atoms with van der Waals surface area (Å²) in [5.41, 5.74) is 14.9. The molecule has 0 aliphatic heterocycles. The van der Waals surface area contributed by atoms with Gasteiger partial charge in [0.1, 0.15) is 0 Å². The molecular formula is C49H64Cl2Zr-2. The fraction of sp³-hybridized carbons (Fsp3) is 0.490. The summed E-state index contributed by atoms with van der Waals surface area (Å²) in [5.74, 6) is 2.24. The molecule has 0 nitrogen and oxygen atoms in total. The summed E-state index contributed by atoms with van der Waals surface area (Å²) >= 11 is 1.51. The van der Waals surface area contributed by atoms with Gasteiger partial charge in [-0.25, -0.2) is 12.0 Å². The number of rotatable bonds is 3. The van der Waals surface area contributed by atoms with Gasteiger partial charge in [-0.3, -0.25) is 0 Å². The van der Waals surface area contributed by atoms with E-state index in [2.05, 4.69) is 169 Å². The molecule has 0 heterocycles. The molecule has 0 radical (unpaired) electrons. The molecule has 0 bridgehead atoms. The summed E-state index contributed by atoms with van der Waals surface area (Å²) in [5, 5.41) is 0. The van der Waals surface area contributed by atoms with E-state index >= 15 is 0 Å². The van der Waals surface area contributed by atoms with Crippen LogP contribution in [0.15, 0.2) is 102 Å². The largest absolute Gasteiger partial charge is 1.00 e. The summed E-state index contributed by atoms with van der Waals surface area (Å²) in [6.07, 6.45) is 11.0. The zero-order valence-corrected chi connectivity index (χ0v) is 38.4. The van der Waals surface area contributed by atoms with Crippen LogP contribution in [0.4, 0.5) is 0 Å². The first kappa shape index (κ1) is 44.6. The quantitative estimate of drug-likeness (QED) is 0.242. The van der Waals surface area contributed by atoms with Gasteiger partial charge in [0.15, 0.2) is 0 Å². The van der Waals surface area contributed by atoms with Gasteiger partial charge in [-0.2, -0.15) is 34.4 Å². The summed E-state index contributed by atoms with van der Waals surface area (Å²) < 4.78 is 1.46. The number of fused-ring (bicyclic) bond motifs is 6. The molecule has 52 heavy (non-hydrogen) atoms. The Labute approximate surface area is 346 Å². The van der Waals surface area contributed by atoms with Crippen molar-refractivity contribution < 1.29 is 49.0 Å². The fourth-order valence-electron chi connectivity index (χ4n) is 9.66. The SMILES string of the molecule is CCCc1cc(C(C)(C)C)c[cH-]1.C[C-]1C2=C3Cc4ccccc4C3=C3C=CCCC3C2(C)C(C)(C)C(C)(C)C1(C)C.C[C](=[Zr+2])c1ccccc1.[Cl-].[Cl-]. The number of hydrogen-bond donors (Lipinski definition) is 0. The van der Waals surface area contributed by atoms with Gasteiger partial charge in [-0.15, -0.1) is 6.92 Å². The van der Waals surface area contributed by atoms with E-state index in [1.54, 1.807) is 28.2 Å². The van der Waals surface area contributed by atoms with Gasteiger partial charge in [-0.1, -0.05) is 159 Å². The van der Waals surface area contributed by atoms with Crippen LogP contribution in [0.2, 0.25) is 0 Å². The molecule has 2 unspecified atom stereocenters. The smallest absolute Gasteiger partial charge is 1.00 e. The Hall–Kier alpha value is -1.79. The van der Waals surface area contributed by atoms with E-state index in [9.17, 15) is 0 Å². The minimum absolute atomic E-state index is 0. The monoisotopic (exact) mass is 812 g/mol. The molecule has 7 rings (SSSR count). The van der Waals surface area contributed by atoms with Gasteiger partial charge in [0, 0.05) is 0 Å². The molecular weight excluding hydrogens is 751 g/mol. The first-order chi connectivity index (χ1) is 23.3. The van der Waals surface area contributed by atoms with Crippen molar-refractivity contribution in [3.63, 3.8) is 0 Å². The fourth-order valence-corrected chi connectivity index (χ4v) is 10.1. The van der Waals surface area contributed by atoms with Crippen LogP contribution >= 0.6 is 0 Å². The van der Waals surface area contributed by atoms with Crippen LogP contribution in [-0.2, 0) is 42.5 Å². The van der Waals surface area contributed by atoms with Crippen molar-refractivity contribution >= 4 is 8.78 Å². The molecule has 0 amide bonds. The van der Waals surface area contributed by atoms with Gasteiger partial charge >= 0.3 is 70.3 Å². The number of hydrogen-bond acceptors (Lipinski definition) is 0. The van der Waals surface area contributed by atoms with E-state index in [1.807, 2.05) is 6.07 Å². The number of aryl methyl sites for hydroxylation is 1. The molecule has 3 aromatic rings. The normalized spacial score (nSPS) is 22.9. The Morgan fingerprint density at radius 1 is 0.904 bits per heavy atom. The maximum absolute atomic E-state index is 2.62. The maximum atomic E-state index is 2.62. The third-order valence-corrected chi connectivity index (χ3v) is 14.9. The van der Waals surface area contributed by atoms with Crippen molar-refractivity contribution in [3.8, 4) is 0 Å². The second kappa shape index (κ2) is 16.5. The Morgan fingerprint density at radius 2 is 1.52 bits per heavy atom. The third kappa shape index (κ3) is 7.56. The molecule has 4 aliphatic rings. The van der Waals surface area contributed by atoms with Gasteiger partial charge in [-0.05, 0) is 40.6 Å². The standard InChI is InChI=1S/C29H37.C12H19.C8H8.2ClH.Zr/c1-18-25-22-17-19-13-9-10-14-20(19)24(22)21-15-11-12-16-23(21)29(25,8)28(6,7)27(4,5)26(18,2)3;1-5-6-10-7-8-11(9-10)12(2,3)4;1-2-8-6-4-3-5-7-8;;;/h9-11,13-15,23H,12,16-17H2,1-8H3;7-9H,5-6H2,1-4H3;3-7H,1H3;2*1H;/q2*-1;;;;+2/p-2. The number of allylic oxidation sites excluding steroid dienone is 6. The van der Waals surface area contributed by atoms with Crippen LogP contribution in [0.25, 0.3) is 5.57 Å². The number of halogens is 2. The average molecular weight is 815 g/mol. The van der Waals surface area contributed by atoms with Gasteiger partial charge < -0.3 is 24.8 Å². The molecule has 1 fully saturated rings. The predicted octanol–water partition coefficient (Wildman–Crippen LogP) is 7.40. The Kier molecular flexibility index (Phi) is 14.2. The first-order valence-electron chi connectivity index (χ1n) is 19.3. The van der Waals surface area contributed by atoms with Gasteiger partial charge in [0.2, 0.25) is 0 Å². The minimum atomic E-state index is 0. The summed E-state index contributed by atoms with van der Waals surface area (Å²) in [4.78, 5) is 0. The van der Waals surface area contributed by atoms with Crippen LogP contribution < -0.4 is 24.8 Å². The van der Waals surface area contributed by atoms with Crippen molar-refractivity contribution in [3.05, 3.63) is 135 Å². The van der Waals surface area contributed by atoms with E-state index in [4.69, 9.17) is 0 Å². The molecule has 280 valence electrons. The summed E-state index contributed by atoms with van der Waals surface area (Å²) in [6.45, 7) is 31.5. The van der Waals surface area contributed by atoms with Crippen LogP contribution in [0.1, 0.15) is 137 Å². The maximum Gasteiger partial charge on any atom is -1.00 e. The molecule has 0 aromatic heterocycles. The molecule has 1 saturated carbocycles. The van der Waals surface area contributed by atoms with Gasteiger partial charge in [0.05, 0.1) is 0 Å². The Balaban J connectivity index is 0.000000262. The van der Waals surface area contributed by atoms with Crippen LogP contribution in [0.5, 0.6) is 0 Å². The van der Waals surface area contributed by atoms with Crippen molar-refractivity contribution in [2.24, 2.45) is 27.6 Å². The Morgan fingerprint density at radius 3 is 2.08 bits per heavy atom. The molecule has 0 spiro atoms. The first-order valence-corrected chi connectivity index (χ1v) is 20.5. The van der Waals surface area contributed by atoms with E-state index in [-0.39, 0.29) is 46.5 Å². The van der Waals surface area contributed by atoms with Crippen molar-refractivity contribution in [1.29, 1.82) is 0 Å². The van der Waals surface area contributed by atoms with E-state index in [0.717, 1.165) is 6.42 Å². The zero-order chi connectivity index (χ0) is 36.9. The topological polar surface area (TPSA) is 0 Å². The van der Waals surface area contributed by atoms with Crippen LogP contribution in [-0.4, -0.2) is 3.21 Å². The molecule has 4 aliphatic carbocycles. The van der Waals surface area contributed by atoms with E-state index in [1.165, 1.54) is 80.9 Å². The van der Waals surface area contributed by atoms with E-state index < -0.39 is 0 Å². The predicted molar refractivity (Wildman–Crippen MR) is 215 cm³/mol. The van der Waals surface area contributed by atoms with Crippen molar-refractivity contribution in [2.75, 3.05) is 0 Å². The second-order valence-electron chi connectivity index (χ2n) is 18.3. The number of benzene rings is 2. The van der Waals surface area contributed by atoms with Crippen molar-refractivity contribution in [1.82, 2.24) is 0 Å². The molecule has 0 N–H and O–H groups in total. The average Bonchev–Trinajstić information content (AvgIpc) is 3.71. The third-order valence-electron chi connectivity index (χ3n) is 14.2. The van der Waals surface area contributed by atoms with Crippen LogP contribution in [0.3, 0.4) is 0 Å². The molecule has 0 saturated heterocycles. The minimum Gasteiger partial charge on any atom is -1.00 e. The van der Waals surface area contributed by atoms with E-state index in [0.29, 0.717) is 11.3 Å². The molecule has 3 heteroatoms. The van der Waals surface area contributed by atoms with Crippen molar-refractivity contribution in [2.45, 2.75) is 128 Å². The zero-order valence-electron chi connectivity index (χ0n) is 34.5. The van der Waals surface area contributed by atoms with Gasteiger partial charge in [0.25, 0.3) is 0 Å². The Bertz CT molecular complexity index is 1800.